The van der Waals surface area contributed by atoms with E-state index < -0.39 is 11.9 Å². The number of carboxylic acids is 1. The van der Waals surface area contributed by atoms with Gasteiger partial charge in [0, 0.05) is 12.0 Å². The van der Waals surface area contributed by atoms with E-state index in [1.165, 1.54) is 0 Å². The maximum atomic E-state index is 10.6. The summed E-state index contributed by atoms with van der Waals surface area (Å²) in [4.78, 5) is 10.6. The lowest BCUT2D eigenvalue weighted by atomic mass is 10.0. The van der Waals surface area contributed by atoms with Crippen molar-refractivity contribution < 1.29 is 14.4 Å². The second kappa shape index (κ2) is 3.60. The fourth-order valence-electron chi connectivity index (χ4n) is 1.02. The summed E-state index contributed by atoms with van der Waals surface area (Å²) in [6, 6.07) is 0. The molecule has 0 fully saturated rings. The molecule has 72 valence electrons. The zero-order chi connectivity index (χ0) is 10.0. The predicted molar refractivity (Wildman–Crippen MR) is 46.5 cm³/mol. The summed E-state index contributed by atoms with van der Waals surface area (Å²) in [5.41, 5.74) is 1.78. The molecule has 1 unspecified atom stereocenters. The highest BCUT2D eigenvalue weighted by molar-refractivity contribution is 5.69. The minimum Gasteiger partial charge on any atom is -0.481 e. The first kappa shape index (κ1) is 9.77. The first-order valence-electron chi connectivity index (χ1n) is 4.17. The van der Waals surface area contributed by atoms with E-state index in [9.17, 15) is 4.79 Å². The largest absolute Gasteiger partial charge is 0.481 e. The molecule has 0 aliphatic rings. The highest BCUT2D eigenvalue weighted by Crippen LogP contribution is 2.15. The van der Waals surface area contributed by atoms with Gasteiger partial charge in [-0.3, -0.25) is 4.79 Å². The van der Waals surface area contributed by atoms with Gasteiger partial charge in [0.1, 0.15) is 5.76 Å². The van der Waals surface area contributed by atoms with Crippen molar-refractivity contribution in [2.45, 2.75) is 27.2 Å². The van der Waals surface area contributed by atoms with E-state index in [-0.39, 0.29) is 0 Å². The van der Waals surface area contributed by atoms with Gasteiger partial charge in [0.2, 0.25) is 0 Å². The number of aliphatic carboxylic acids is 1. The number of hydrogen-bond donors (Lipinski definition) is 1. The van der Waals surface area contributed by atoms with E-state index >= 15 is 0 Å². The molecule has 13 heavy (non-hydrogen) atoms. The normalized spacial score (nSPS) is 12.8. The van der Waals surface area contributed by atoms with Crippen LogP contribution in [0.1, 0.15) is 23.9 Å². The molecule has 0 aliphatic heterocycles. The van der Waals surface area contributed by atoms with E-state index in [0.717, 1.165) is 11.3 Å². The average Bonchev–Trinajstić information content (AvgIpc) is 2.36. The molecule has 0 amide bonds. The van der Waals surface area contributed by atoms with Crippen LogP contribution in [0.25, 0.3) is 0 Å². The van der Waals surface area contributed by atoms with Gasteiger partial charge in [-0.2, -0.15) is 0 Å². The summed E-state index contributed by atoms with van der Waals surface area (Å²) in [5, 5.41) is 12.4. The topological polar surface area (TPSA) is 63.3 Å². The molecule has 0 bridgehead atoms. The lowest BCUT2D eigenvalue weighted by Gasteiger charge is -2.02. The summed E-state index contributed by atoms with van der Waals surface area (Å²) >= 11 is 0. The minimum atomic E-state index is -0.812. The Bertz CT molecular complexity index is 317. The van der Waals surface area contributed by atoms with E-state index in [2.05, 4.69) is 5.16 Å². The predicted octanol–water partition coefficient (Wildman–Crippen LogP) is 1.55. The molecule has 0 saturated carbocycles. The van der Waals surface area contributed by atoms with Crippen LogP contribution in [0.5, 0.6) is 0 Å². The SMILES string of the molecule is Cc1noc(CC(C)C(=O)O)c1C. The van der Waals surface area contributed by atoms with E-state index in [0.29, 0.717) is 12.2 Å². The molecule has 1 aromatic heterocycles. The quantitative estimate of drug-likeness (QED) is 0.772. The fraction of sp³-hybridized carbons (Fsp3) is 0.556. The van der Waals surface area contributed by atoms with Crippen LogP contribution in [0, 0.1) is 19.8 Å². The second-order valence-electron chi connectivity index (χ2n) is 3.26. The first-order valence-corrected chi connectivity index (χ1v) is 4.17. The molecule has 1 aromatic rings. The number of rotatable bonds is 3. The van der Waals surface area contributed by atoms with Gasteiger partial charge in [0.05, 0.1) is 11.6 Å². The van der Waals surface area contributed by atoms with Crippen molar-refractivity contribution in [3.63, 3.8) is 0 Å². The van der Waals surface area contributed by atoms with Crippen LogP contribution < -0.4 is 0 Å². The third kappa shape index (κ3) is 2.08. The minimum absolute atomic E-state index is 0.405. The standard InChI is InChI=1S/C9H13NO3/c1-5(9(11)12)4-8-6(2)7(3)10-13-8/h5H,4H2,1-3H3,(H,11,12). The highest BCUT2D eigenvalue weighted by atomic mass is 16.5. The smallest absolute Gasteiger partial charge is 0.306 e. The first-order chi connectivity index (χ1) is 6.02. The number of carbonyl (C=O) groups is 1. The monoisotopic (exact) mass is 183 g/mol. The van der Waals surface area contributed by atoms with E-state index in [1.807, 2.05) is 13.8 Å². The number of aromatic nitrogens is 1. The van der Waals surface area contributed by atoms with Gasteiger partial charge < -0.3 is 9.63 Å². The third-order valence-electron chi connectivity index (χ3n) is 2.17. The molecule has 4 heteroatoms. The van der Waals surface area contributed by atoms with Crippen molar-refractivity contribution in [2.75, 3.05) is 0 Å². The molecule has 0 aliphatic carbocycles. The van der Waals surface area contributed by atoms with Crippen LogP contribution in [0.4, 0.5) is 0 Å². The van der Waals surface area contributed by atoms with Crippen molar-refractivity contribution in [1.82, 2.24) is 5.16 Å². The molecule has 1 atom stereocenters. The van der Waals surface area contributed by atoms with Gasteiger partial charge in [-0.1, -0.05) is 12.1 Å². The Morgan fingerprint density at radius 3 is 2.62 bits per heavy atom. The van der Waals surface area contributed by atoms with Gasteiger partial charge in [0.25, 0.3) is 0 Å². The van der Waals surface area contributed by atoms with Crippen molar-refractivity contribution in [3.8, 4) is 0 Å². The summed E-state index contributed by atoms with van der Waals surface area (Å²) in [5.74, 6) is -0.563. The Balaban J connectivity index is 2.74. The number of carboxylic acid groups (broad SMARTS) is 1. The molecule has 4 nitrogen and oxygen atoms in total. The van der Waals surface area contributed by atoms with Crippen molar-refractivity contribution in [3.05, 3.63) is 17.0 Å². The van der Waals surface area contributed by atoms with E-state index in [4.69, 9.17) is 9.63 Å². The van der Waals surface area contributed by atoms with Crippen LogP contribution in [-0.2, 0) is 11.2 Å². The molecular formula is C9H13NO3. The second-order valence-corrected chi connectivity index (χ2v) is 3.26. The number of hydrogen-bond acceptors (Lipinski definition) is 3. The molecule has 0 spiro atoms. The molecule has 1 N–H and O–H groups in total. The Morgan fingerprint density at radius 1 is 1.62 bits per heavy atom. The van der Waals surface area contributed by atoms with Crippen molar-refractivity contribution in [2.24, 2.45) is 5.92 Å². The van der Waals surface area contributed by atoms with Gasteiger partial charge in [-0.15, -0.1) is 0 Å². The molecule has 0 saturated heterocycles. The lowest BCUT2D eigenvalue weighted by Crippen LogP contribution is -2.12. The molecule has 0 radical (unpaired) electrons. The van der Waals surface area contributed by atoms with Gasteiger partial charge >= 0.3 is 5.97 Å². The average molecular weight is 183 g/mol. The van der Waals surface area contributed by atoms with Crippen LogP contribution in [0.15, 0.2) is 4.52 Å². The molecule has 1 rings (SSSR count). The highest BCUT2D eigenvalue weighted by Gasteiger charge is 2.17. The summed E-state index contributed by atoms with van der Waals surface area (Å²) in [6.45, 7) is 5.38. The Morgan fingerprint density at radius 2 is 2.23 bits per heavy atom. The van der Waals surface area contributed by atoms with Gasteiger partial charge in [-0.05, 0) is 13.8 Å². The van der Waals surface area contributed by atoms with Crippen molar-refractivity contribution >= 4 is 5.97 Å². The van der Waals surface area contributed by atoms with Gasteiger partial charge in [0.15, 0.2) is 0 Å². The van der Waals surface area contributed by atoms with Crippen LogP contribution in [-0.4, -0.2) is 16.2 Å². The number of nitrogens with zero attached hydrogens (tertiary/aromatic N) is 1. The molecule has 0 aromatic carbocycles. The number of aryl methyl sites for hydroxylation is 1. The summed E-state index contributed by atoms with van der Waals surface area (Å²) < 4.78 is 5.00. The fourth-order valence-corrected chi connectivity index (χ4v) is 1.02. The van der Waals surface area contributed by atoms with E-state index in [1.54, 1.807) is 6.92 Å². The van der Waals surface area contributed by atoms with Crippen LogP contribution >= 0.6 is 0 Å². The zero-order valence-corrected chi connectivity index (χ0v) is 8.00. The molecular weight excluding hydrogens is 170 g/mol. The van der Waals surface area contributed by atoms with Gasteiger partial charge in [-0.25, -0.2) is 0 Å². The van der Waals surface area contributed by atoms with Crippen LogP contribution in [0.3, 0.4) is 0 Å². The summed E-state index contributed by atoms with van der Waals surface area (Å²) in [7, 11) is 0. The Labute approximate surface area is 76.5 Å². The van der Waals surface area contributed by atoms with Crippen molar-refractivity contribution in [1.29, 1.82) is 0 Å². The maximum Gasteiger partial charge on any atom is 0.306 e. The Kier molecular flexibility index (Phi) is 2.70. The van der Waals surface area contributed by atoms with Crippen LogP contribution in [0.2, 0.25) is 0 Å². The molecule has 1 heterocycles. The summed E-state index contributed by atoms with van der Waals surface area (Å²) in [6.07, 6.45) is 0.405. The zero-order valence-electron chi connectivity index (χ0n) is 8.00. The lowest BCUT2D eigenvalue weighted by molar-refractivity contribution is -0.141. The Hall–Kier alpha value is -1.32. The maximum absolute atomic E-state index is 10.6. The third-order valence-corrected chi connectivity index (χ3v) is 2.17.